The summed E-state index contributed by atoms with van der Waals surface area (Å²) in [6, 6.07) is 0. The van der Waals surface area contributed by atoms with Crippen molar-refractivity contribution in [2.45, 2.75) is 38.5 Å². The lowest BCUT2D eigenvalue weighted by molar-refractivity contribution is -0.0553. The average molecular weight is 291 g/mol. The number of hydrogen-bond donors (Lipinski definition) is 0. The van der Waals surface area contributed by atoms with Crippen LogP contribution in [-0.4, -0.2) is 52.3 Å². The van der Waals surface area contributed by atoms with Gasteiger partial charge in [-0.1, -0.05) is 0 Å². The van der Waals surface area contributed by atoms with E-state index in [1.165, 1.54) is 12.8 Å². The lowest BCUT2D eigenvalue weighted by atomic mass is 9.92. The number of carbonyl (C=O) groups excluding carboxylic acids is 1. The summed E-state index contributed by atoms with van der Waals surface area (Å²) in [5.74, 6) is 1.52. The van der Waals surface area contributed by atoms with Gasteiger partial charge in [0.25, 0.3) is 5.91 Å². The highest BCUT2D eigenvalue weighted by atomic mass is 16.5. The molecule has 1 aromatic heterocycles. The van der Waals surface area contributed by atoms with E-state index < -0.39 is 0 Å². The van der Waals surface area contributed by atoms with E-state index >= 15 is 0 Å². The molecule has 0 aromatic carbocycles. The van der Waals surface area contributed by atoms with Gasteiger partial charge in [0.15, 0.2) is 0 Å². The zero-order chi connectivity index (χ0) is 14.4. The highest BCUT2D eigenvalue weighted by molar-refractivity contribution is 5.93. The Morgan fingerprint density at radius 2 is 2.14 bits per heavy atom. The fourth-order valence-electron chi connectivity index (χ4n) is 3.55. The van der Waals surface area contributed by atoms with Crippen molar-refractivity contribution in [3.63, 3.8) is 0 Å². The van der Waals surface area contributed by atoms with Crippen molar-refractivity contribution in [3.05, 3.63) is 17.7 Å². The molecule has 1 aliphatic carbocycles. The molecule has 4 rings (SSSR count). The normalized spacial score (nSPS) is 29.3. The van der Waals surface area contributed by atoms with Crippen LogP contribution in [0.5, 0.6) is 0 Å². The van der Waals surface area contributed by atoms with Crippen LogP contribution in [0.4, 0.5) is 0 Å². The first kappa shape index (κ1) is 13.3. The SMILES string of the molecule is CC1(C2CC2)COCCN1C(=O)c1cnc2n1CCOC2. The van der Waals surface area contributed by atoms with Gasteiger partial charge in [-0.3, -0.25) is 4.79 Å². The van der Waals surface area contributed by atoms with Crippen LogP contribution in [0, 0.1) is 5.92 Å². The molecule has 1 saturated carbocycles. The summed E-state index contributed by atoms with van der Waals surface area (Å²) in [4.78, 5) is 19.4. The van der Waals surface area contributed by atoms with Gasteiger partial charge in [-0.15, -0.1) is 0 Å². The first-order chi connectivity index (χ1) is 10.2. The number of amides is 1. The molecular formula is C15H21N3O3. The third-order valence-corrected chi connectivity index (χ3v) is 5.02. The summed E-state index contributed by atoms with van der Waals surface area (Å²) in [5, 5.41) is 0. The Kier molecular flexibility index (Phi) is 3.04. The predicted octanol–water partition coefficient (Wildman–Crippen LogP) is 1.05. The van der Waals surface area contributed by atoms with Crippen molar-refractivity contribution in [1.29, 1.82) is 0 Å². The van der Waals surface area contributed by atoms with Crippen LogP contribution in [0.1, 0.15) is 36.1 Å². The number of carbonyl (C=O) groups is 1. The van der Waals surface area contributed by atoms with Crippen molar-refractivity contribution in [1.82, 2.24) is 14.5 Å². The topological polar surface area (TPSA) is 56.6 Å². The molecule has 1 amide bonds. The molecule has 3 heterocycles. The van der Waals surface area contributed by atoms with E-state index in [-0.39, 0.29) is 11.4 Å². The Morgan fingerprint density at radius 1 is 1.33 bits per heavy atom. The van der Waals surface area contributed by atoms with Crippen LogP contribution in [-0.2, 0) is 22.6 Å². The Labute approximate surface area is 124 Å². The summed E-state index contributed by atoms with van der Waals surface area (Å²) in [6.45, 7) is 5.96. The van der Waals surface area contributed by atoms with E-state index in [1.54, 1.807) is 6.20 Å². The minimum Gasteiger partial charge on any atom is -0.377 e. The third-order valence-electron chi connectivity index (χ3n) is 5.02. The van der Waals surface area contributed by atoms with E-state index in [0.29, 0.717) is 51.1 Å². The molecule has 6 nitrogen and oxygen atoms in total. The molecule has 0 spiro atoms. The maximum absolute atomic E-state index is 13.0. The second-order valence-corrected chi connectivity index (χ2v) is 6.40. The van der Waals surface area contributed by atoms with Crippen molar-refractivity contribution in [2.24, 2.45) is 5.92 Å². The number of imidazole rings is 1. The number of nitrogens with zero attached hydrogens (tertiary/aromatic N) is 3. The van der Waals surface area contributed by atoms with Gasteiger partial charge in [-0.25, -0.2) is 4.98 Å². The number of hydrogen-bond acceptors (Lipinski definition) is 4. The van der Waals surface area contributed by atoms with E-state index in [1.807, 2.05) is 9.47 Å². The smallest absolute Gasteiger partial charge is 0.272 e. The maximum atomic E-state index is 13.0. The summed E-state index contributed by atoms with van der Waals surface area (Å²) in [7, 11) is 0. The minimum absolute atomic E-state index is 0.0911. The molecule has 1 atom stereocenters. The summed E-state index contributed by atoms with van der Waals surface area (Å²) < 4.78 is 13.1. The highest BCUT2D eigenvalue weighted by Crippen LogP contribution is 2.44. The molecule has 0 N–H and O–H groups in total. The fraction of sp³-hybridized carbons (Fsp3) is 0.733. The monoisotopic (exact) mass is 291 g/mol. The highest BCUT2D eigenvalue weighted by Gasteiger charge is 2.49. The van der Waals surface area contributed by atoms with Crippen LogP contribution in [0.2, 0.25) is 0 Å². The van der Waals surface area contributed by atoms with Gasteiger partial charge in [0.05, 0.1) is 31.6 Å². The molecule has 0 bridgehead atoms. The van der Waals surface area contributed by atoms with Crippen molar-refractivity contribution in [3.8, 4) is 0 Å². The Balaban J connectivity index is 1.65. The lowest BCUT2D eigenvalue weighted by Crippen LogP contribution is -2.59. The van der Waals surface area contributed by atoms with Gasteiger partial charge in [0.1, 0.15) is 18.1 Å². The lowest BCUT2D eigenvalue weighted by Gasteiger charge is -2.45. The molecular weight excluding hydrogens is 270 g/mol. The van der Waals surface area contributed by atoms with Gasteiger partial charge >= 0.3 is 0 Å². The molecule has 0 radical (unpaired) electrons. The molecule has 1 saturated heterocycles. The third kappa shape index (κ3) is 2.08. The predicted molar refractivity (Wildman–Crippen MR) is 74.9 cm³/mol. The molecule has 3 aliphatic rings. The standard InChI is InChI=1S/C15H21N3O3/c1-15(11-2-3-11)10-21-7-5-18(15)14(19)12-8-16-13-9-20-6-4-17(12)13/h8,11H,2-7,9-10H2,1H3. The van der Waals surface area contributed by atoms with E-state index in [0.717, 1.165) is 5.82 Å². The fourth-order valence-corrected chi connectivity index (χ4v) is 3.55. The van der Waals surface area contributed by atoms with Crippen molar-refractivity contribution >= 4 is 5.91 Å². The van der Waals surface area contributed by atoms with Crippen LogP contribution >= 0.6 is 0 Å². The van der Waals surface area contributed by atoms with Crippen LogP contribution in [0.3, 0.4) is 0 Å². The molecule has 2 aliphatic heterocycles. The second-order valence-electron chi connectivity index (χ2n) is 6.40. The number of ether oxygens (including phenoxy) is 2. The van der Waals surface area contributed by atoms with E-state index in [4.69, 9.17) is 9.47 Å². The number of aromatic nitrogens is 2. The maximum Gasteiger partial charge on any atom is 0.272 e. The largest absolute Gasteiger partial charge is 0.377 e. The summed E-state index contributed by atoms with van der Waals surface area (Å²) in [6.07, 6.45) is 4.10. The average Bonchev–Trinajstić information content (AvgIpc) is 3.28. The van der Waals surface area contributed by atoms with Crippen molar-refractivity contribution in [2.75, 3.05) is 26.4 Å². The van der Waals surface area contributed by atoms with Crippen LogP contribution < -0.4 is 0 Å². The number of morpholine rings is 1. The summed E-state index contributed by atoms with van der Waals surface area (Å²) >= 11 is 0. The number of rotatable bonds is 2. The quantitative estimate of drug-likeness (QED) is 0.817. The molecule has 2 fully saturated rings. The van der Waals surface area contributed by atoms with E-state index in [9.17, 15) is 4.79 Å². The Morgan fingerprint density at radius 3 is 2.95 bits per heavy atom. The molecule has 1 unspecified atom stereocenters. The first-order valence-corrected chi connectivity index (χ1v) is 7.72. The Hall–Kier alpha value is -1.40. The van der Waals surface area contributed by atoms with Gasteiger partial charge in [-0.05, 0) is 25.7 Å². The molecule has 21 heavy (non-hydrogen) atoms. The van der Waals surface area contributed by atoms with Crippen LogP contribution in [0.25, 0.3) is 0 Å². The molecule has 114 valence electrons. The Bertz CT molecular complexity index is 567. The number of fused-ring (bicyclic) bond motifs is 1. The first-order valence-electron chi connectivity index (χ1n) is 7.72. The summed E-state index contributed by atoms with van der Waals surface area (Å²) in [5.41, 5.74) is 0.535. The second kappa shape index (κ2) is 4.81. The van der Waals surface area contributed by atoms with Crippen molar-refractivity contribution < 1.29 is 14.3 Å². The minimum atomic E-state index is -0.161. The zero-order valence-corrected chi connectivity index (χ0v) is 12.4. The zero-order valence-electron chi connectivity index (χ0n) is 12.4. The van der Waals surface area contributed by atoms with Crippen LogP contribution in [0.15, 0.2) is 6.20 Å². The van der Waals surface area contributed by atoms with Gasteiger partial charge in [0.2, 0.25) is 0 Å². The van der Waals surface area contributed by atoms with Gasteiger partial charge in [-0.2, -0.15) is 0 Å². The molecule has 6 heteroatoms. The van der Waals surface area contributed by atoms with E-state index in [2.05, 4.69) is 11.9 Å². The molecule has 1 aromatic rings. The van der Waals surface area contributed by atoms with Gasteiger partial charge in [0, 0.05) is 13.1 Å². The van der Waals surface area contributed by atoms with Gasteiger partial charge < -0.3 is 18.9 Å².